The fourth-order valence-electron chi connectivity index (χ4n) is 2.66. The Morgan fingerprint density at radius 3 is 2.64 bits per heavy atom. The summed E-state index contributed by atoms with van der Waals surface area (Å²) in [6.45, 7) is 6.52. The summed E-state index contributed by atoms with van der Waals surface area (Å²) in [6, 6.07) is 5.27. The molecular formula is C19H24N4O5. The Morgan fingerprint density at radius 1 is 1.18 bits per heavy atom. The van der Waals surface area contributed by atoms with Crippen molar-refractivity contribution in [3.8, 4) is 17.5 Å². The lowest BCUT2D eigenvalue weighted by atomic mass is 10.1. The SMILES string of the molecule is Cc1ncccc1Oc1cc(OC2CCN(OC(=O)OC(C)C)CC2)ncn1. The largest absolute Gasteiger partial charge is 0.528 e. The number of nitrogens with zero attached hydrogens (tertiary/aromatic N) is 4. The van der Waals surface area contributed by atoms with Crippen LogP contribution < -0.4 is 9.47 Å². The number of carbonyl (C=O) groups excluding carboxylic acids is 1. The molecule has 150 valence electrons. The first-order valence-electron chi connectivity index (χ1n) is 9.21. The molecule has 0 radical (unpaired) electrons. The second kappa shape index (κ2) is 9.32. The van der Waals surface area contributed by atoms with E-state index in [0.29, 0.717) is 43.4 Å². The van der Waals surface area contributed by atoms with Crippen LogP contribution in [0.2, 0.25) is 0 Å². The van der Waals surface area contributed by atoms with Gasteiger partial charge in [-0.15, -0.1) is 5.06 Å². The first kappa shape index (κ1) is 19.8. The van der Waals surface area contributed by atoms with E-state index in [2.05, 4.69) is 15.0 Å². The van der Waals surface area contributed by atoms with E-state index in [1.807, 2.05) is 13.0 Å². The van der Waals surface area contributed by atoms with Crippen LogP contribution in [0.3, 0.4) is 0 Å². The van der Waals surface area contributed by atoms with Crippen LogP contribution >= 0.6 is 0 Å². The minimum atomic E-state index is -0.683. The molecule has 0 amide bonds. The lowest BCUT2D eigenvalue weighted by Crippen LogP contribution is -2.40. The molecule has 28 heavy (non-hydrogen) atoms. The van der Waals surface area contributed by atoms with Gasteiger partial charge in [-0.1, -0.05) is 0 Å². The molecule has 2 aromatic heterocycles. The highest BCUT2D eigenvalue weighted by Crippen LogP contribution is 2.25. The Morgan fingerprint density at radius 2 is 1.93 bits per heavy atom. The van der Waals surface area contributed by atoms with Crippen LogP contribution in [-0.2, 0) is 9.57 Å². The summed E-state index contributed by atoms with van der Waals surface area (Å²) in [5, 5.41) is 1.59. The summed E-state index contributed by atoms with van der Waals surface area (Å²) in [5.74, 6) is 1.45. The zero-order valence-electron chi connectivity index (χ0n) is 16.2. The maximum Gasteiger partial charge on any atom is 0.528 e. The number of hydroxylamine groups is 2. The molecule has 0 aliphatic carbocycles. The Bertz CT molecular complexity index is 793. The zero-order valence-corrected chi connectivity index (χ0v) is 16.2. The maximum absolute atomic E-state index is 11.6. The van der Waals surface area contributed by atoms with Crippen molar-refractivity contribution in [1.29, 1.82) is 0 Å². The summed E-state index contributed by atoms with van der Waals surface area (Å²) < 4.78 is 16.7. The number of ether oxygens (including phenoxy) is 3. The van der Waals surface area contributed by atoms with Gasteiger partial charge in [0.2, 0.25) is 11.8 Å². The Kier molecular flexibility index (Phi) is 6.59. The second-order valence-electron chi connectivity index (χ2n) is 6.64. The molecule has 0 N–H and O–H groups in total. The highest BCUT2D eigenvalue weighted by Gasteiger charge is 2.24. The van der Waals surface area contributed by atoms with Gasteiger partial charge in [0.1, 0.15) is 12.4 Å². The molecule has 0 saturated carbocycles. The number of piperidine rings is 1. The Balaban J connectivity index is 1.50. The predicted molar refractivity (Wildman–Crippen MR) is 99.0 cm³/mol. The van der Waals surface area contributed by atoms with Crippen LogP contribution in [0.4, 0.5) is 4.79 Å². The molecule has 1 aliphatic rings. The summed E-state index contributed by atoms with van der Waals surface area (Å²) >= 11 is 0. The average molecular weight is 388 g/mol. The summed E-state index contributed by atoms with van der Waals surface area (Å²) in [5.41, 5.74) is 0.770. The maximum atomic E-state index is 11.6. The van der Waals surface area contributed by atoms with Gasteiger partial charge < -0.3 is 19.0 Å². The normalized spacial score (nSPS) is 15.3. The van der Waals surface area contributed by atoms with E-state index in [4.69, 9.17) is 19.0 Å². The Hall–Kier alpha value is -2.94. The van der Waals surface area contributed by atoms with Gasteiger partial charge in [-0.05, 0) is 32.9 Å². The predicted octanol–water partition coefficient (Wildman–Crippen LogP) is 3.29. The molecule has 1 aliphatic heterocycles. The van der Waals surface area contributed by atoms with Crippen LogP contribution in [0.15, 0.2) is 30.7 Å². The molecule has 0 atom stereocenters. The molecular weight excluding hydrogens is 364 g/mol. The molecule has 2 aromatic rings. The van der Waals surface area contributed by atoms with E-state index < -0.39 is 6.16 Å². The van der Waals surface area contributed by atoms with Crippen LogP contribution in [0, 0.1) is 6.92 Å². The van der Waals surface area contributed by atoms with E-state index in [9.17, 15) is 4.79 Å². The van der Waals surface area contributed by atoms with Gasteiger partial charge in [0.05, 0.1) is 17.9 Å². The average Bonchev–Trinajstić information content (AvgIpc) is 2.65. The van der Waals surface area contributed by atoms with Gasteiger partial charge in [0.25, 0.3) is 0 Å². The fraction of sp³-hybridized carbons (Fsp3) is 0.474. The van der Waals surface area contributed by atoms with Crippen LogP contribution in [0.1, 0.15) is 32.4 Å². The smallest absolute Gasteiger partial charge is 0.474 e. The van der Waals surface area contributed by atoms with Crippen LogP contribution in [0.5, 0.6) is 17.5 Å². The van der Waals surface area contributed by atoms with Crippen molar-refractivity contribution >= 4 is 6.16 Å². The topological polar surface area (TPSA) is 95.9 Å². The lowest BCUT2D eigenvalue weighted by Gasteiger charge is -2.30. The molecule has 9 heteroatoms. The third kappa shape index (κ3) is 5.78. The molecule has 0 unspecified atom stereocenters. The monoisotopic (exact) mass is 388 g/mol. The first-order chi connectivity index (χ1) is 13.5. The zero-order chi connectivity index (χ0) is 19.9. The molecule has 1 saturated heterocycles. The van der Waals surface area contributed by atoms with Crippen molar-refractivity contribution in [2.24, 2.45) is 0 Å². The summed E-state index contributed by atoms with van der Waals surface area (Å²) in [6.07, 6.45) is 3.55. The highest BCUT2D eigenvalue weighted by atomic mass is 16.8. The number of hydrogen-bond acceptors (Lipinski definition) is 9. The number of hydrogen-bond donors (Lipinski definition) is 0. The molecule has 1 fully saturated rings. The first-order valence-corrected chi connectivity index (χ1v) is 9.21. The molecule has 0 bridgehead atoms. The van der Waals surface area contributed by atoms with Crippen molar-refractivity contribution < 1.29 is 23.8 Å². The minimum Gasteiger partial charge on any atom is -0.474 e. The van der Waals surface area contributed by atoms with Gasteiger partial charge in [-0.3, -0.25) is 4.98 Å². The van der Waals surface area contributed by atoms with E-state index >= 15 is 0 Å². The highest BCUT2D eigenvalue weighted by molar-refractivity contribution is 5.59. The number of pyridine rings is 1. The Labute approximate surface area is 163 Å². The summed E-state index contributed by atoms with van der Waals surface area (Å²) in [4.78, 5) is 29.2. The number of aryl methyl sites for hydroxylation is 1. The number of aromatic nitrogens is 3. The molecule has 9 nitrogen and oxygen atoms in total. The van der Waals surface area contributed by atoms with E-state index in [0.717, 1.165) is 5.69 Å². The number of carbonyl (C=O) groups is 1. The number of rotatable bonds is 6. The van der Waals surface area contributed by atoms with Gasteiger partial charge >= 0.3 is 6.16 Å². The van der Waals surface area contributed by atoms with Gasteiger partial charge in [0.15, 0.2) is 5.75 Å². The standard InChI is InChI=1S/C19H24N4O5/c1-13(2)25-19(24)28-23-9-6-15(7-10-23)26-17-11-18(22-12-21-17)27-16-5-4-8-20-14(16)3/h4-5,8,11-13,15H,6-7,9-10H2,1-3H3. The van der Waals surface area contributed by atoms with Crippen LogP contribution in [-0.4, -0.2) is 51.5 Å². The van der Waals surface area contributed by atoms with Crippen molar-refractivity contribution in [1.82, 2.24) is 20.0 Å². The van der Waals surface area contributed by atoms with Crippen LogP contribution in [0.25, 0.3) is 0 Å². The third-order valence-electron chi connectivity index (χ3n) is 4.01. The lowest BCUT2D eigenvalue weighted by molar-refractivity contribution is -0.151. The van der Waals surface area contributed by atoms with Gasteiger partial charge in [-0.2, -0.15) is 0 Å². The minimum absolute atomic E-state index is 0.0381. The molecule has 0 aromatic carbocycles. The van der Waals surface area contributed by atoms with E-state index in [1.165, 1.54) is 6.33 Å². The molecule has 3 rings (SSSR count). The molecule has 0 spiro atoms. The fourth-order valence-corrected chi connectivity index (χ4v) is 2.66. The van der Waals surface area contributed by atoms with E-state index in [-0.39, 0.29) is 12.2 Å². The third-order valence-corrected chi connectivity index (χ3v) is 4.01. The molecule has 3 heterocycles. The quantitative estimate of drug-likeness (QED) is 0.691. The van der Waals surface area contributed by atoms with Crippen molar-refractivity contribution in [3.05, 3.63) is 36.4 Å². The van der Waals surface area contributed by atoms with Crippen molar-refractivity contribution in [2.45, 2.75) is 45.8 Å². The van der Waals surface area contributed by atoms with E-state index in [1.54, 1.807) is 37.2 Å². The van der Waals surface area contributed by atoms with Gasteiger partial charge in [0, 0.05) is 32.1 Å². The van der Waals surface area contributed by atoms with Crippen molar-refractivity contribution in [3.63, 3.8) is 0 Å². The summed E-state index contributed by atoms with van der Waals surface area (Å²) in [7, 11) is 0. The second-order valence-corrected chi connectivity index (χ2v) is 6.64. The van der Waals surface area contributed by atoms with Crippen molar-refractivity contribution in [2.75, 3.05) is 13.1 Å². The van der Waals surface area contributed by atoms with Gasteiger partial charge in [-0.25, -0.2) is 14.8 Å².